The maximum absolute atomic E-state index is 10.5. The predicted molar refractivity (Wildman–Crippen MR) is 97.0 cm³/mol. The van der Waals surface area contributed by atoms with E-state index in [4.69, 9.17) is 0 Å². The van der Waals surface area contributed by atoms with Crippen molar-refractivity contribution in [3.63, 3.8) is 0 Å². The maximum Gasteiger partial charge on any atom is 0.0791 e. The fraction of sp³-hybridized carbons (Fsp3) is 0.700. The van der Waals surface area contributed by atoms with E-state index >= 15 is 0 Å². The highest BCUT2D eigenvalue weighted by Crippen LogP contribution is 2.26. The number of aliphatic hydroxyl groups excluding tert-OH is 1. The van der Waals surface area contributed by atoms with Crippen LogP contribution >= 0.6 is 0 Å². The Bertz CT molecular complexity index is 549. The number of benzene rings is 1. The summed E-state index contributed by atoms with van der Waals surface area (Å²) < 4.78 is 0. The largest absolute Gasteiger partial charge is 0.390 e. The summed E-state index contributed by atoms with van der Waals surface area (Å²) in [6.07, 6.45) is 6.09. The highest BCUT2D eigenvalue weighted by Gasteiger charge is 2.31. The zero-order chi connectivity index (χ0) is 16.4. The molecule has 0 radical (unpaired) electrons. The number of aliphatic hydroxyl groups is 1. The summed E-state index contributed by atoms with van der Waals surface area (Å²) in [6.45, 7) is 6.10. The number of β-amino-alcohol motifs (C(OH)–C–C–N with tert-alkyl or cyclic N) is 1. The van der Waals surface area contributed by atoms with E-state index in [2.05, 4.69) is 39.4 Å². The van der Waals surface area contributed by atoms with E-state index in [1.807, 2.05) is 0 Å². The van der Waals surface area contributed by atoms with Crippen molar-refractivity contribution in [2.45, 2.75) is 56.8 Å². The molecule has 1 aromatic rings. The van der Waals surface area contributed by atoms with Gasteiger partial charge in [0.2, 0.25) is 0 Å². The van der Waals surface area contributed by atoms with Gasteiger partial charge in [0.15, 0.2) is 0 Å². The van der Waals surface area contributed by atoms with Gasteiger partial charge in [0.25, 0.3) is 0 Å². The molecule has 132 valence electrons. The summed E-state index contributed by atoms with van der Waals surface area (Å²) >= 11 is 0. The molecule has 1 aromatic carbocycles. The highest BCUT2D eigenvalue weighted by atomic mass is 16.3. The van der Waals surface area contributed by atoms with Crippen LogP contribution < -0.4 is 5.32 Å². The molecule has 4 heteroatoms. The van der Waals surface area contributed by atoms with Crippen LogP contribution in [0, 0.1) is 0 Å². The molecular formula is C20H31N3O. The number of rotatable bonds is 5. The molecule has 4 rings (SSSR count). The lowest BCUT2D eigenvalue weighted by molar-refractivity contribution is 0.0944. The minimum Gasteiger partial charge on any atom is -0.390 e. The molecule has 3 aliphatic heterocycles. The molecule has 0 bridgehead atoms. The summed E-state index contributed by atoms with van der Waals surface area (Å²) in [5.74, 6) is 0. The number of hydrogen-bond donors (Lipinski definition) is 2. The van der Waals surface area contributed by atoms with Crippen molar-refractivity contribution in [3.05, 3.63) is 35.4 Å². The first-order valence-electron chi connectivity index (χ1n) is 9.72. The number of nitrogens with zero attached hydrogens (tertiary/aromatic N) is 2. The van der Waals surface area contributed by atoms with E-state index in [1.165, 1.54) is 49.9 Å². The van der Waals surface area contributed by atoms with E-state index in [0.29, 0.717) is 6.04 Å². The molecule has 24 heavy (non-hydrogen) atoms. The van der Waals surface area contributed by atoms with Crippen molar-refractivity contribution >= 4 is 0 Å². The van der Waals surface area contributed by atoms with Gasteiger partial charge in [-0.25, -0.2) is 0 Å². The fourth-order valence-electron chi connectivity index (χ4n) is 4.79. The number of nitrogens with one attached hydrogen (secondary N) is 1. The lowest BCUT2D eigenvalue weighted by Gasteiger charge is -2.36. The summed E-state index contributed by atoms with van der Waals surface area (Å²) in [5, 5.41) is 14.1. The smallest absolute Gasteiger partial charge is 0.0791 e. The van der Waals surface area contributed by atoms with Gasteiger partial charge in [-0.2, -0.15) is 0 Å². The van der Waals surface area contributed by atoms with Gasteiger partial charge in [0, 0.05) is 38.3 Å². The minimum absolute atomic E-state index is 0.267. The van der Waals surface area contributed by atoms with Gasteiger partial charge in [-0.15, -0.1) is 0 Å². The predicted octanol–water partition coefficient (Wildman–Crippen LogP) is 1.62. The van der Waals surface area contributed by atoms with Crippen molar-refractivity contribution < 1.29 is 5.11 Å². The molecule has 2 fully saturated rings. The van der Waals surface area contributed by atoms with Crippen LogP contribution in [0.25, 0.3) is 0 Å². The van der Waals surface area contributed by atoms with Crippen molar-refractivity contribution in [1.29, 1.82) is 0 Å². The zero-order valence-corrected chi connectivity index (χ0v) is 14.7. The van der Waals surface area contributed by atoms with E-state index in [-0.39, 0.29) is 6.10 Å². The van der Waals surface area contributed by atoms with E-state index in [0.717, 1.165) is 38.6 Å². The highest BCUT2D eigenvalue weighted by molar-refractivity contribution is 5.29. The third-order valence-corrected chi connectivity index (χ3v) is 6.14. The fourth-order valence-corrected chi connectivity index (χ4v) is 4.79. The van der Waals surface area contributed by atoms with Crippen LogP contribution in [0.5, 0.6) is 0 Å². The average Bonchev–Trinajstić information content (AvgIpc) is 3.07. The van der Waals surface area contributed by atoms with E-state index in [1.54, 1.807) is 0 Å². The van der Waals surface area contributed by atoms with Gasteiger partial charge in [0.05, 0.1) is 6.10 Å². The first kappa shape index (κ1) is 16.5. The maximum atomic E-state index is 10.5. The van der Waals surface area contributed by atoms with Crippen LogP contribution in [0.1, 0.15) is 36.8 Å². The Morgan fingerprint density at radius 1 is 1.12 bits per heavy atom. The Balaban J connectivity index is 1.21. The van der Waals surface area contributed by atoms with Gasteiger partial charge in [-0.3, -0.25) is 4.90 Å². The number of fused-ring (bicyclic) bond motifs is 2. The third-order valence-electron chi connectivity index (χ3n) is 6.14. The van der Waals surface area contributed by atoms with Crippen molar-refractivity contribution in [2.75, 3.05) is 32.7 Å². The Kier molecular flexibility index (Phi) is 5.18. The molecule has 3 unspecified atom stereocenters. The molecule has 2 saturated heterocycles. The summed E-state index contributed by atoms with van der Waals surface area (Å²) in [6, 6.07) is 10.1. The molecule has 3 aliphatic rings. The summed E-state index contributed by atoms with van der Waals surface area (Å²) in [4.78, 5) is 5.05. The third kappa shape index (κ3) is 3.83. The van der Waals surface area contributed by atoms with Gasteiger partial charge in [-0.05, 0) is 56.3 Å². The first-order chi connectivity index (χ1) is 11.8. The standard InChI is InChI=1S/C20H31N3O/c24-20(13-21-18-8-11-23-9-3-6-19(23)12-18)15-22-10-7-16-4-1-2-5-17(16)14-22/h1-2,4-5,18-21,24H,3,6-15H2. The topological polar surface area (TPSA) is 38.7 Å². The summed E-state index contributed by atoms with van der Waals surface area (Å²) in [7, 11) is 0. The number of piperidine rings is 1. The van der Waals surface area contributed by atoms with E-state index in [9.17, 15) is 5.11 Å². The van der Waals surface area contributed by atoms with Crippen molar-refractivity contribution in [3.8, 4) is 0 Å². The van der Waals surface area contributed by atoms with Crippen molar-refractivity contribution in [1.82, 2.24) is 15.1 Å². The van der Waals surface area contributed by atoms with Gasteiger partial charge in [0.1, 0.15) is 0 Å². The van der Waals surface area contributed by atoms with Crippen LogP contribution in [0.3, 0.4) is 0 Å². The second kappa shape index (κ2) is 7.52. The van der Waals surface area contributed by atoms with Crippen LogP contribution in [0.2, 0.25) is 0 Å². The number of hydrogen-bond acceptors (Lipinski definition) is 4. The average molecular weight is 329 g/mol. The second-order valence-electron chi connectivity index (χ2n) is 7.87. The van der Waals surface area contributed by atoms with Gasteiger partial charge >= 0.3 is 0 Å². The molecular weight excluding hydrogens is 298 g/mol. The van der Waals surface area contributed by atoms with Crippen LogP contribution in [0.15, 0.2) is 24.3 Å². The molecule has 2 N–H and O–H groups in total. The lowest BCUT2D eigenvalue weighted by atomic mass is 9.97. The molecule has 0 spiro atoms. The van der Waals surface area contributed by atoms with Crippen LogP contribution in [-0.2, 0) is 13.0 Å². The normalized spacial score (nSPS) is 29.2. The molecule has 4 nitrogen and oxygen atoms in total. The lowest BCUT2D eigenvalue weighted by Crippen LogP contribution is -2.48. The van der Waals surface area contributed by atoms with Crippen molar-refractivity contribution in [2.24, 2.45) is 0 Å². The summed E-state index contributed by atoms with van der Waals surface area (Å²) in [5.41, 5.74) is 2.90. The molecule has 0 aliphatic carbocycles. The molecule has 0 amide bonds. The Hall–Kier alpha value is -0.940. The van der Waals surface area contributed by atoms with Crippen LogP contribution in [0.4, 0.5) is 0 Å². The molecule has 0 aromatic heterocycles. The zero-order valence-electron chi connectivity index (χ0n) is 14.7. The SMILES string of the molecule is OC(CNC1CCN2CCCC2C1)CN1CCc2ccccc2C1. The Labute approximate surface area is 145 Å². The molecule has 3 atom stereocenters. The van der Waals surface area contributed by atoms with Crippen LogP contribution in [-0.4, -0.2) is 65.8 Å². The molecule has 3 heterocycles. The van der Waals surface area contributed by atoms with E-state index < -0.39 is 0 Å². The quantitative estimate of drug-likeness (QED) is 0.861. The van der Waals surface area contributed by atoms with Gasteiger partial charge in [-0.1, -0.05) is 24.3 Å². The molecule has 0 saturated carbocycles. The monoisotopic (exact) mass is 329 g/mol. The Morgan fingerprint density at radius 3 is 2.92 bits per heavy atom. The Morgan fingerprint density at radius 2 is 2.00 bits per heavy atom. The van der Waals surface area contributed by atoms with Gasteiger partial charge < -0.3 is 15.3 Å². The minimum atomic E-state index is -0.267. The first-order valence-corrected chi connectivity index (χ1v) is 9.72. The second-order valence-corrected chi connectivity index (χ2v) is 7.87.